The zero-order valence-electron chi connectivity index (χ0n) is 14.4. The topological polar surface area (TPSA) is 66.8 Å². The zero-order valence-corrected chi connectivity index (χ0v) is 14.4. The van der Waals surface area contributed by atoms with Gasteiger partial charge in [-0.15, -0.1) is 0 Å². The van der Waals surface area contributed by atoms with Crippen LogP contribution in [0.15, 0.2) is 18.2 Å². The number of carboxylic acids is 1. The predicted molar refractivity (Wildman–Crippen MR) is 87.6 cm³/mol. The molecule has 1 saturated heterocycles. The lowest BCUT2D eigenvalue weighted by atomic mass is 9.87. The van der Waals surface area contributed by atoms with Gasteiger partial charge in [-0.2, -0.15) is 0 Å². The number of nitrogens with zero attached hydrogens (tertiary/aromatic N) is 1. The molecule has 0 spiro atoms. The minimum atomic E-state index is -0.876. The molecule has 1 heterocycles. The summed E-state index contributed by atoms with van der Waals surface area (Å²) in [6.07, 6.45) is -0.449. The molecule has 1 amide bonds. The van der Waals surface area contributed by atoms with Crippen LogP contribution in [0.25, 0.3) is 0 Å². The van der Waals surface area contributed by atoms with Crippen LogP contribution in [-0.4, -0.2) is 40.8 Å². The third-order valence-corrected chi connectivity index (χ3v) is 4.25. The van der Waals surface area contributed by atoms with E-state index in [2.05, 4.69) is 0 Å². The number of aryl methyl sites for hydroxylation is 2. The highest BCUT2D eigenvalue weighted by molar-refractivity contribution is 5.76. The fraction of sp³-hybridized carbons (Fsp3) is 0.556. The smallest absolute Gasteiger partial charge is 0.410 e. The van der Waals surface area contributed by atoms with Crippen LogP contribution >= 0.6 is 0 Å². The minimum absolute atomic E-state index is 0.182. The van der Waals surface area contributed by atoms with E-state index in [9.17, 15) is 14.7 Å². The average molecular weight is 319 g/mol. The van der Waals surface area contributed by atoms with E-state index in [4.69, 9.17) is 4.74 Å². The Morgan fingerprint density at radius 1 is 1.17 bits per heavy atom. The van der Waals surface area contributed by atoms with Crippen molar-refractivity contribution in [2.45, 2.75) is 46.1 Å². The molecule has 5 nitrogen and oxygen atoms in total. The monoisotopic (exact) mass is 319 g/mol. The highest BCUT2D eigenvalue weighted by atomic mass is 16.6. The van der Waals surface area contributed by atoms with Crippen LogP contribution in [-0.2, 0) is 9.53 Å². The third-order valence-electron chi connectivity index (χ3n) is 4.25. The van der Waals surface area contributed by atoms with E-state index < -0.39 is 23.6 Å². The Bertz CT molecular complexity index is 618. The van der Waals surface area contributed by atoms with Crippen molar-refractivity contribution in [2.24, 2.45) is 5.92 Å². The number of ether oxygens (including phenoxy) is 1. The van der Waals surface area contributed by atoms with Crippen molar-refractivity contribution in [3.63, 3.8) is 0 Å². The van der Waals surface area contributed by atoms with Gasteiger partial charge in [-0.3, -0.25) is 4.79 Å². The lowest BCUT2D eigenvalue weighted by Gasteiger charge is -2.24. The SMILES string of the molecule is Cc1ccc([C@@H]2CN(C(=O)OC(C)(C)C)C[C@H]2C(=O)O)cc1C. The maximum atomic E-state index is 12.2. The van der Waals surface area contributed by atoms with Gasteiger partial charge in [0, 0.05) is 19.0 Å². The highest BCUT2D eigenvalue weighted by Gasteiger charge is 2.41. The second-order valence-electron chi connectivity index (χ2n) is 7.28. The Labute approximate surface area is 137 Å². The molecule has 0 bridgehead atoms. The number of carbonyl (C=O) groups excluding carboxylic acids is 1. The molecule has 0 aliphatic carbocycles. The maximum Gasteiger partial charge on any atom is 0.410 e. The first-order valence-corrected chi connectivity index (χ1v) is 7.86. The Morgan fingerprint density at radius 3 is 2.35 bits per heavy atom. The summed E-state index contributed by atoms with van der Waals surface area (Å²) in [6.45, 7) is 9.99. The number of hydrogen-bond donors (Lipinski definition) is 1. The van der Waals surface area contributed by atoms with Crippen molar-refractivity contribution < 1.29 is 19.4 Å². The number of likely N-dealkylation sites (tertiary alicyclic amines) is 1. The summed E-state index contributed by atoms with van der Waals surface area (Å²) in [6, 6.07) is 5.98. The first-order chi connectivity index (χ1) is 10.6. The predicted octanol–water partition coefficient (Wildman–Crippen LogP) is 3.34. The molecule has 23 heavy (non-hydrogen) atoms. The van der Waals surface area contributed by atoms with E-state index in [1.165, 1.54) is 10.5 Å². The quantitative estimate of drug-likeness (QED) is 0.908. The van der Waals surface area contributed by atoms with Gasteiger partial charge in [0.05, 0.1) is 5.92 Å². The Hall–Kier alpha value is -2.04. The molecule has 1 fully saturated rings. The number of carboxylic acid groups (broad SMARTS) is 1. The van der Waals surface area contributed by atoms with Crippen molar-refractivity contribution in [1.29, 1.82) is 0 Å². The van der Waals surface area contributed by atoms with E-state index in [-0.39, 0.29) is 12.5 Å². The van der Waals surface area contributed by atoms with Crippen LogP contribution in [0.3, 0.4) is 0 Å². The molecule has 0 saturated carbocycles. The molecular formula is C18H25NO4. The van der Waals surface area contributed by atoms with E-state index in [1.807, 2.05) is 32.0 Å². The Kier molecular flexibility index (Phi) is 4.68. The van der Waals surface area contributed by atoms with E-state index in [0.29, 0.717) is 6.54 Å². The lowest BCUT2D eigenvalue weighted by molar-refractivity contribution is -0.141. The summed E-state index contributed by atoms with van der Waals surface area (Å²) in [5.41, 5.74) is 2.67. The first-order valence-electron chi connectivity index (χ1n) is 7.86. The Morgan fingerprint density at radius 2 is 1.83 bits per heavy atom. The van der Waals surface area contributed by atoms with Crippen molar-refractivity contribution in [1.82, 2.24) is 4.90 Å². The van der Waals surface area contributed by atoms with Gasteiger partial charge >= 0.3 is 12.1 Å². The standard InChI is InChI=1S/C18H25NO4/c1-11-6-7-13(8-12(11)2)14-9-19(10-15(14)16(20)21)17(22)23-18(3,4)5/h6-8,14-15H,9-10H2,1-5H3,(H,20,21)/t14-,15+/m0/s1. The highest BCUT2D eigenvalue weighted by Crippen LogP contribution is 2.34. The van der Waals surface area contributed by atoms with Crippen LogP contribution in [0.1, 0.15) is 43.4 Å². The number of aliphatic carboxylic acids is 1. The van der Waals surface area contributed by atoms with Crippen molar-refractivity contribution in [2.75, 3.05) is 13.1 Å². The molecule has 126 valence electrons. The van der Waals surface area contributed by atoms with Gasteiger partial charge in [0.25, 0.3) is 0 Å². The van der Waals surface area contributed by atoms with Gasteiger partial charge in [0.1, 0.15) is 5.60 Å². The Balaban J connectivity index is 2.23. The second-order valence-corrected chi connectivity index (χ2v) is 7.28. The molecule has 0 unspecified atom stereocenters. The molecule has 1 aliphatic rings. The molecular weight excluding hydrogens is 294 g/mol. The van der Waals surface area contributed by atoms with Gasteiger partial charge in [-0.25, -0.2) is 4.79 Å². The van der Waals surface area contributed by atoms with Gasteiger partial charge in [-0.1, -0.05) is 18.2 Å². The molecule has 5 heteroatoms. The largest absolute Gasteiger partial charge is 0.481 e. The molecule has 0 aromatic heterocycles. The molecule has 1 aromatic carbocycles. The minimum Gasteiger partial charge on any atom is -0.481 e. The first kappa shape index (κ1) is 17.3. The fourth-order valence-electron chi connectivity index (χ4n) is 2.86. The normalized spacial score (nSPS) is 21.3. The number of rotatable bonds is 2. The van der Waals surface area contributed by atoms with Crippen LogP contribution in [0.4, 0.5) is 4.79 Å². The van der Waals surface area contributed by atoms with Crippen LogP contribution in [0, 0.1) is 19.8 Å². The molecule has 0 radical (unpaired) electrons. The lowest BCUT2D eigenvalue weighted by Crippen LogP contribution is -2.35. The van der Waals surface area contributed by atoms with Crippen LogP contribution in [0.2, 0.25) is 0 Å². The van der Waals surface area contributed by atoms with Crippen molar-refractivity contribution in [3.8, 4) is 0 Å². The van der Waals surface area contributed by atoms with E-state index in [0.717, 1.165) is 11.1 Å². The van der Waals surface area contributed by atoms with Gasteiger partial charge in [-0.05, 0) is 51.3 Å². The summed E-state index contributed by atoms with van der Waals surface area (Å²) in [5.74, 6) is -1.69. The van der Waals surface area contributed by atoms with E-state index >= 15 is 0 Å². The van der Waals surface area contributed by atoms with Crippen LogP contribution < -0.4 is 0 Å². The summed E-state index contributed by atoms with van der Waals surface area (Å²) in [5, 5.41) is 9.52. The second kappa shape index (κ2) is 6.22. The zero-order chi connectivity index (χ0) is 17.4. The summed E-state index contributed by atoms with van der Waals surface area (Å²) in [7, 11) is 0. The number of amides is 1. The average Bonchev–Trinajstić information content (AvgIpc) is 2.85. The molecule has 1 N–H and O–H groups in total. The molecule has 2 atom stereocenters. The fourth-order valence-corrected chi connectivity index (χ4v) is 2.86. The molecule has 2 rings (SSSR count). The van der Waals surface area contributed by atoms with E-state index in [1.54, 1.807) is 20.8 Å². The summed E-state index contributed by atoms with van der Waals surface area (Å²) < 4.78 is 5.37. The van der Waals surface area contributed by atoms with Gasteiger partial charge in [0.15, 0.2) is 0 Å². The number of hydrogen-bond acceptors (Lipinski definition) is 3. The maximum absolute atomic E-state index is 12.2. The van der Waals surface area contributed by atoms with Crippen molar-refractivity contribution in [3.05, 3.63) is 34.9 Å². The van der Waals surface area contributed by atoms with Gasteiger partial charge < -0.3 is 14.7 Å². The third kappa shape index (κ3) is 4.03. The molecule has 1 aliphatic heterocycles. The molecule has 1 aromatic rings. The van der Waals surface area contributed by atoms with Crippen molar-refractivity contribution >= 4 is 12.1 Å². The summed E-state index contributed by atoms with van der Waals surface area (Å²) >= 11 is 0. The number of benzene rings is 1. The van der Waals surface area contributed by atoms with Crippen LogP contribution in [0.5, 0.6) is 0 Å². The summed E-state index contributed by atoms with van der Waals surface area (Å²) in [4.78, 5) is 25.4. The number of carbonyl (C=O) groups is 2. The van der Waals surface area contributed by atoms with Gasteiger partial charge in [0.2, 0.25) is 0 Å².